The maximum absolute atomic E-state index is 14.2. The number of hydrogen-bond donors (Lipinski definition) is 0. The first kappa shape index (κ1) is 23.0. The number of halogens is 2. The zero-order valence-corrected chi connectivity index (χ0v) is 19.7. The van der Waals surface area contributed by atoms with Crippen molar-refractivity contribution in [2.45, 2.75) is 32.2 Å². The zero-order chi connectivity index (χ0) is 24.4. The Morgan fingerprint density at radius 3 is 2.80 bits per heavy atom. The standard InChI is InChI=1S/C27H26F2N4O2/c1-17-12-21(15-23(28)26(17)29)24-8-11-35-32-27-19(4-3-10-33(24)27)13-18-5-6-22(25(14-18)34-2)20-7-9-30-31-16-20/h5-7,9,12-16,24H,3-4,8,10-11H2,1-2H3/b19-13+. The first-order valence-corrected chi connectivity index (χ1v) is 11.6. The summed E-state index contributed by atoms with van der Waals surface area (Å²) in [4.78, 5) is 7.75. The summed E-state index contributed by atoms with van der Waals surface area (Å²) in [6, 6.07) is 10.8. The minimum Gasteiger partial charge on any atom is -0.496 e. The Morgan fingerprint density at radius 1 is 1.14 bits per heavy atom. The third-order valence-electron chi connectivity index (χ3n) is 6.49. The van der Waals surface area contributed by atoms with Crippen LogP contribution in [0.3, 0.4) is 0 Å². The van der Waals surface area contributed by atoms with Gasteiger partial charge in [-0.3, -0.25) is 0 Å². The predicted molar refractivity (Wildman–Crippen MR) is 130 cm³/mol. The van der Waals surface area contributed by atoms with E-state index in [-0.39, 0.29) is 6.04 Å². The van der Waals surface area contributed by atoms with Crippen LogP contribution in [-0.2, 0) is 4.84 Å². The predicted octanol–water partition coefficient (Wildman–Crippen LogP) is 5.69. The maximum atomic E-state index is 14.2. The van der Waals surface area contributed by atoms with Gasteiger partial charge in [-0.05, 0) is 72.4 Å². The van der Waals surface area contributed by atoms with Crippen molar-refractivity contribution in [1.29, 1.82) is 0 Å². The molecule has 5 rings (SSSR count). The average Bonchev–Trinajstić information content (AvgIpc) is 3.11. The second-order valence-electron chi connectivity index (χ2n) is 8.74. The largest absolute Gasteiger partial charge is 0.496 e. The van der Waals surface area contributed by atoms with Gasteiger partial charge >= 0.3 is 0 Å². The van der Waals surface area contributed by atoms with Crippen molar-refractivity contribution < 1.29 is 18.4 Å². The molecule has 180 valence electrons. The fourth-order valence-corrected chi connectivity index (χ4v) is 4.80. The number of piperidine rings is 1. The molecule has 0 radical (unpaired) electrons. The highest BCUT2D eigenvalue weighted by Gasteiger charge is 2.32. The van der Waals surface area contributed by atoms with Gasteiger partial charge in [-0.15, -0.1) is 0 Å². The second kappa shape index (κ2) is 9.82. The number of aryl methyl sites for hydroxylation is 1. The molecule has 35 heavy (non-hydrogen) atoms. The molecule has 1 atom stereocenters. The van der Waals surface area contributed by atoms with Crippen molar-refractivity contribution in [3.8, 4) is 16.9 Å². The van der Waals surface area contributed by atoms with Crippen LogP contribution in [0.1, 0.15) is 42.0 Å². The number of oxime groups is 1. The van der Waals surface area contributed by atoms with Crippen LogP contribution in [0.25, 0.3) is 17.2 Å². The van der Waals surface area contributed by atoms with E-state index in [2.05, 4.69) is 26.3 Å². The van der Waals surface area contributed by atoms with Crippen LogP contribution in [-0.4, -0.2) is 41.2 Å². The highest BCUT2D eigenvalue weighted by molar-refractivity contribution is 6.02. The first-order chi connectivity index (χ1) is 17.0. The number of ether oxygens (including phenoxy) is 1. The Kier molecular flexibility index (Phi) is 6.44. The molecule has 0 saturated carbocycles. The van der Waals surface area contributed by atoms with Gasteiger partial charge in [0.25, 0.3) is 0 Å². The second-order valence-corrected chi connectivity index (χ2v) is 8.74. The highest BCUT2D eigenvalue weighted by atomic mass is 19.2. The van der Waals surface area contributed by atoms with E-state index in [1.165, 1.54) is 6.07 Å². The molecule has 0 spiro atoms. The number of fused-ring (bicyclic) bond motifs is 1. The number of amidine groups is 1. The van der Waals surface area contributed by atoms with Crippen LogP contribution in [0.4, 0.5) is 8.78 Å². The summed E-state index contributed by atoms with van der Waals surface area (Å²) in [7, 11) is 1.64. The van der Waals surface area contributed by atoms with E-state index < -0.39 is 11.6 Å². The molecule has 1 unspecified atom stereocenters. The smallest absolute Gasteiger partial charge is 0.171 e. The summed E-state index contributed by atoms with van der Waals surface area (Å²) in [5.74, 6) is -0.156. The molecule has 3 aromatic rings. The molecule has 8 heteroatoms. The third-order valence-corrected chi connectivity index (χ3v) is 6.49. The van der Waals surface area contributed by atoms with Gasteiger partial charge in [-0.2, -0.15) is 10.2 Å². The van der Waals surface area contributed by atoms with Gasteiger partial charge in [-0.1, -0.05) is 17.3 Å². The van der Waals surface area contributed by atoms with Crippen LogP contribution in [0.2, 0.25) is 0 Å². The van der Waals surface area contributed by atoms with E-state index in [0.717, 1.165) is 58.8 Å². The molecule has 1 fully saturated rings. The summed E-state index contributed by atoms with van der Waals surface area (Å²) in [5.41, 5.74) is 4.88. The number of benzene rings is 2. The Bertz CT molecular complexity index is 1270. The monoisotopic (exact) mass is 476 g/mol. The maximum Gasteiger partial charge on any atom is 0.171 e. The fraction of sp³-hybridized carbons (Fsp3) is 0.296. The SMILES string of the molecule is COc1cc(/C=C2\CCCN3C2=NOCCC3c2cc(C)c(F)c(F)c2)ccc1-c1ccnnc1. The Morgan fingerprint density at radius 2 is 2.03 bits per heavy atom. The van der Waals surface area contributed by atoms with Gasteiger partial charge < -0.3 is 14.5 Å². The van der Waals surface area contributed by atoms with Gasteiger partial charge in [0.15, 0.2) is 17.5 Å². The van der Waals surface area contributed by atoms with Crippen LogP contribution >= 0.6 is 0 Å². The molecule has 0 N–H and O–H groups in total. The van der Waals surface area contributed by atoms with E-state index in [1.54, 1.807) is 32.5 Å². The molecule has 6 nitrogen and oxygen atoms in total. The van der Waals surface area contributed by atoms with Crippen LogP contribution in [0, 0.1) is 18.6 Å². The van der Waals surface area contributed by atoms with Crippen molar-refractivity contribution in [2.75, 3.05) is 20.3 Å². The topological polar surface area (TPSA) is 59.8 Å². The normalized spacial score (nSPS) is 19.0. The van der Waals surface area contributed by atoms with Crippen LogP contribution in [0.15, 0.2) is 59.5 Å². The molecule has 3 heterocycles. The summed E-state index contributed by atoms with van der Waals surface area (Å²) < 4.78 is 33.8. The molecule has 0 bridgehead atoms. The molecular formula is C27H26F2N4O2. The molecule has 2 aromatic carbocycles. The molecule has 0 aliphatic carbocycles. The number of nitrogens with zero attached hydrogens (tertiary/aromatic N) is 4. The lowest BCUT2D eigenvalue weighted by Crippen LogP contribution is -2.39. The van der Waals surface area contributed by atoms with Crippen molar-refractivity contribution in [1.82, 2.24) is 15.1 Å². The Labute approximate surface area is 202 Å². The summed E-state index contributed by atoms with van der Waals surface area (Å²) in [6.07, 6.45) is 7.82. The summed E-state index contributed by atoms with van der Waals surface area (Å²) in [6.45, 7) is 2.75. The minimum absolute atomic E-state index is 0.148. The van der Waals surface area contributed by atoms with Gasteiger partial charge in [-0.25, -0.2) is 8.78 Å². The van der Waals surface area contributed by atoms with E-state index >= 15 is 0 Å². The van der Waals surface area contributed by atoms with E-state index in [4.69, 9.17) is 9.57 Å². The minimum atomic E-state index is -0.826. The molecule has 1 saturated heterocycles. The van der Waals surface area contributed by atoms with Gasteiger partial charge in [0, 0.05) is 24.1 Å². The molecule has 1 aromatic heterocycles. The quantitative estimate of drug-likeness (QED) is 0.484. The molecular weight excluding hydrogens is 450 g/mol. The Balaban J connectivity index is 1.49. The van der Waals surface area contributed by atoms with Gasteiger partial charge in [0.1, 0.15) is 12.4 Å². The highest BCUT2D eigenvalue weighted by Crippen LogP contribution is 2.36. The van der Waals surface area contributed by atoms with Crippen molar-refractivity contribution >= 4 is 11.9 Å². The average molecular weight is 477 g/mol. The lowest BCUT2D eigenvalue weighted by atomic mass is 9.94. The van der Waals surface area contributed by atoms with Crippen LogP contribution < -0.4 is 4.74 Å². The van der Waals surface area contributed by atoms with Gasteiger partial charge in [0.05, 0.1) is 25.5 Å². The number of hydrogen-bond acceptors (Lipinski definition) is 6. The number of rotatable bonds is 4. The molecule has 2 aliphatic rings. The lowest BCUT2D eigenvalue weighted by Gasteiger charge is -2.36. The summed E-state index contributed by atoms with van der Waals surface area (Å²) >= 11 is 0. The number of aromatic nitrogens is 2. The van der Waals surface area contributed by atoms with Gasteiger partial charge in [0.2, 0.25) is 0 Å². The van der Waals surface area contributed by atoms with E-state index in [9.17, 15) is 8.78 Å². The third kappa shape index (κ3) is 4.60. The lowest BCUT2D eigenvalue weighted by molar-refractivity contribution is 0.140. The van der Waals surface area contributed by atoms with E-state index in [1.807, 2.05) is 24.3 Å². The van der Waals surface area contributed by atoms with E-state index in [0.29, 0.717) is 18.6 Å². The first-order valence-electron chi connectivity index (χ1n) is 11.6. The number of methoxy groups -OCH3 is 1. The van der Waals surface area contributed by atoms with Crippen LogP contribution in [0.5, 0.6) is 5.75 Å². The zero-order valence-electron chi connectivity index (χ0n) is 19.7. The van der Waals surface area contributed by atoms with Crippen molar-refractivity contribution in [2.24, 2.45) is 5.16 Å². The molecule has 0 amide bonds. The summed E-state index contributed by atoms with van der Waals surface area (Å²) in [5, 5.41) is 12.2. The Hall–Kier alpha value is -3.81. The molecule has 2 aliphatic heterocycles. The van der Waals surface area contributed by atoms with Crippen molar-refractivity contribution in [3.05, 3.63) is 82.7 Å². The van der Waals surface area contributed by atoms with Crippen molar-refractivity contribution in [3.63, 3.8) is 0 Å². The fourth-order valence-electron chi connectivity index (χ4n) is 4.80.